The maximum atomic E-state index is 4.41. The van der Waals surface area contributed by atoms with Gasteiger partial charge in [0.15, 0.2) is 0 Å². The molecule has 0 saturated carbocycles. The van der Waals surface area contributed by atoms with E-state index in [1.807, 2.05) is 36.8 Å². The molecule has 0 radical (unpaired) electrons. The monoisotopic (exact) mass is 212 g/mol. The van der Waals surface area contributed by atoms with Crippen molar-refractivity contribution in [2.75, 3.05) is 0 Å². The molecule has 3 heteroatoms. The molecule has 0 fully saturated rings. The highest BCUT2D eigenvalue weighted by Gasteiger charge is 2.05. The van der Waals surface area contributed by atoms with Gasteiger partial charge in [0.2, 0.25) is 0 Å². The number of nitrogens with zero attached hydrogens (tertiary/aromatic N) is 2. The fourth-order valence-corrected chi connectivity index (χ4v) is 2.53. The van der Waals surface area contributed by atoms with E-state index in [-0.39, 0.29) is 0 Å². The molecular formula is C12H8N2S. The summed E-state index contributed by atoms with van der Waals surface area (Å²) in [6, 6.07) is 8.08. The molecule has 0 unspecified atom stereocenters. The molecule has 0 saturated heterocycles. The average Bonchev–Trinajstić information content (AvgIpc) is 2.74. The molecule has 0 spiro atoms. The molecule has 72 valence electrons. The number of thiophene rings is 1. The van der Waals surface area contributed by atoms with Crippen molar-refractivity contribution < 1.29 is 0 Å². The Morgan fingerprint density at radius 3 is 2.73 bits per heavy atom. The molecule has 0 atom stereocenters. The van der Waals surface area contributed by atoms with E-state index in [9.17, 15) is 0 Å². The van der Waals surface area contributed by atoms with Crippen LogP contribution in [-0.2, 0) is 0 Å². The second kappa shape index (κ2) is 3.44. The summed E-state index contributed by atoms with van der Waals surface area (Å²) in [6.07, 6.45) is 5.45. The van der Waals surface area contributed by atoms with Crippen molar-refractivity contribution in [1.82, 2.24) is 9.97 Å². The number of aromatic nitrogens is 2. The molecule has 15 heavy (non-hydrogen) atoms. The van der Waals surface area contributed by atoms with Gasteiger partial charge in [-0.15, -0.1) is 11.3 Å². The summed E-state index contributed by atoms with van der Waals surface area (Å²) in [5.41, 5.74) is 3.45. The quantitative estimate of drug-likeness (QED) is 0.618. The predicted molar refractivity (Wildman–Crippen MR) is 62.9 cm³/mol. The van der Waals surface area contributed by atoms with Crippen LogP contribution in [0.25, 0.3) is 21.3 Å². The van der Waals surface area contributed by atoms with Crippen LogP contribution in [0.15, 0.2) is 48.2 Å². The number of pyridine rings is 2. The molecule has 0 aliphatic heterocycles. The van der Waals surface area contributed by atoms with Gasteiger partial charge in [-0.05, 0) is 29.8 Å². The average molecular weight is 212 g/mol. The Kier molecular flexibility index (Phi) is 1.96. The minimum atomic E-state index is 1.08. The summed E-state index contributed by atoms with van der Waals surface area (Å²) in [4.78, 5) is 8.43. The first-order valence-electron chi connectivity index (χ1n) is 4.68. The van der Waals surface area contributed by atoms with Gasteiger partial charge in [-0.3, -0.25) is 9.97 Å². The third-order valence-corrected chi connectivity index (χ3v) is 3.26. The molecule has 3 heterocycles. The summed E-state index contributed by atoms with van der Waals surface area (Å²) < 4.78 is 1.23. The SMILES string of the molecule is c1cnc2c(-c3ccncc3)csc2c1. The van der Waals surface area contributed by atoms with Gasteiger partial charge in [-0.2, -0.15) is 0 Å². The van der Waals surface area contributed by atoms with E-state index >= 15 is 0 Å². The summed E-state index contributed by atoms with van der Waals surface area (Å²) in [6.45, 7) is 0. The first-order chi connectivity index (χ1) is 7.45. The molecule has 3 rings (SSSR count). The summed E-state index contributed by atoms with van der Waals surface area (Å²) in [5.74, 6) is 0. The molecule has 3 aromatic heterocycles. The van der Waals surface area contributed by atoms with Gasteiger partial charge in [-0.1, -0.05) is 0 Å². The van der Waals surface area contributed by atoms with Crippen LogP contribution < -0.4 is 0 Å². The van der Waals surface area contributed by atoms with E-state index in [0.717, 1.165) is 5.52 Å². The fourth-order valence-electron chi connectivity index (χ4n) is 1.60. The van der Waals surface area contributed by atoms with Gasteiger partial charge in [0.05, 0.1) is 10.2 Å². The van der Waals surface area contributed by atoms with E-state index in [1.165, 1.54) is 15.8 Å². The lowest BCUT2D eigenvalue weighted by molar-refractivity contribution is 1.33. The van der Waals surface area contributed by atoms with Gasteiger partial charge in [0, 0.05) is 29.5 Å². The van der Waals surface area contributed by atoms with Crippen LogP contribution in [0.5, 0.6) is 0 Å². The third-order valence-electron chi connectivity index (χ3n) is 2.32. The van der Waals surface area contributed by atoms with Crippen molar-refractivity contribution in [3.63, 3.8) is 0 Å². The normalized spacial score (nSPS) is 10.7. The predicted octanol–water partition coefficient (Wildman–Crippen LogP) is 3.36. The van der Waals surface area contributed by atoms with Gasteiger partial charge < -0.3 is 0 Å². The summed E-state index contributed by atoms with van der Waals surface area (Å²) in [7, 11) is 0. The van der Waals surface area contributed by atoms with Crippen LogP contribution in [0.1, 0.15) is 0 Å². The third kappa shape index (κ3) is 1.41. The van der Waals surface area contributed by atoms with Crippen molar-refractivity contribution >= 4 is 21.6 Å². The maximum absolute atomic E-state index is 4.41. The van der Waals surface area contributed by atoms with E-state index < -0.39 is 0 Å². The molecule has 0 aliphatic carbocycles. The molecular weight excluding hydrogens is 204 g/mol. The fraction of sp³-hybridized carbons (Fsp3) is 0. The van der Waals surface area contributed by atoms with Crippen LogP contribution in [0.2, 0.25) is 0 Å². The highest BCUT2D eigenvalue weighted by atomic mass is 32.1. The first-order valence-corrected chi connectivity index (χ1v) is 5.56. The molecule has 0 aromatic carbocycles. The number of rotatable bonds is 1. The molecule has 0 N–H and O–H groups in total. The molecule has 0 bridgehead atoms. The van der Waals surface area contributed by atoms with Crippen molar-refractivity contribution in [3.8, 4) is 11.1 Å². The Bertz CT molecular complexity index is 587. The van der Waals surface area contributed by atoms with Gasteiger partial charge >= 0.3 is 0 Å². The van der Waals surface area contributed by atoms with Crippen molar-refractivity contribution in [3.05, 3.63) is 48.2 Å². The topological polar surface area (TPSA) is 25.8 Å². The Morgan fingerprint density at radius 2 is 1.87 bits per heavy atom. The zero-order chi connectivity index (χ0) is 10.1. The van der Waals surface area contributed by atoms with Gasteiger partial charge in [-0.25, -0.2) is 0 Å². The van der Waals surface area contributed by atoms with Crippen molar-refractivity contribution in [2.24, 2.45) is 0 Å². The summed E-state index contributed by atoms with van der Waals surface area (Å²) in [5, 5.41) is 2.15. The molecule has 0 aliphatic rings. The van der Waals surface area contributed by atoms with Gasteiger partial charge in [0.25, 0.3) is 0 Å². The summed E-state index contributed by atoms with van der Waals surface area (Å²) >= 11 is 1.73. The van der Waals surface area contributed by atoms with Crippen LogP contribution in [0.4, 0.5) is 0 Å². The Hall–Kier alpha value is -1.74. The minimum absolute atomic E-state index is 1.08. The zero-order valence-electron chi connectivity index (χ0n) is 7.92. The van der Waals surface area contributed by atoms with Crippen LogP contribution in [-0.4, -0.2) is 9.97 Å². The second-order valence-electron chi connectivity index (χ2n) is 3.24. The zero-order valence-corrected chi connectivity index (χ0v) is 8.74. The van der Waals surface area contributed by atoms with Crippen LogP contribution in [0.3, 0.4) is 0 Å². The van der Waals surface area contributed by atoms with E-state index in [1.54, 1.807) is 11.3 Å². The lowest BCUT2D eigenvalue weighted by Gasteiger charge is -1.97. The Balaban J connectivity index is 2.28. The minimum Gasteiger partial charge on any atom is -0.265 e. The van der Waals surface area contributed by atoms with Crippen molar-refractivity contribution in [1.29, 1.82) is 0 Å². The second-order valence-corrected chi connectivity index (χ2v) is 4.15. The van der Waals surface area contributed by atoms with Crippen LogP contribution >= 0.6 is 11.3 Å². The van der Waals surface area contributed by atoms with E-state index in [4.69, 9.17) is 0 Å². The smallest absolute Gasteiger partial charge is 0.0888 e. The number of hydrogen-bond acceptors (Lipinski definition) is 3. The Morgan fingerprint density at radius 1 is 1.00 bits per heavy atom. The van der Waals surface area contributed by atoms with E-state index in [2.05, 4.69) is 21.4 Å². The van der Waals surface area contributed by atoms with Crippen molar-refractivity contribution in [2.45, 2.75) is 0 Å². The lowest BCUT2D eigenvalue weighted by Crippen LogP contribution is -1.78. The lowest BCUT2D eigenvalue weighted by atomic mass is 10.1. The molecule has 0 amide bonds. The first kappa shape index (κ1) is 8.56. The molecule has 2 nitrogen and oxygen atoms in total. The molecule has 3 aromatic rings. The highest BCUT2D eigenvalue weighted by Crippen LogP contribution is 2.31. The largest absolute Gasteiger partial charge is 0.265 e. The number of fused-ring (bicyclic) bond motifs is 1. The van der Waals surface area contributed by atoms with Gasteiger partial charge in [0.1, 0.15) is 0 Å². The number of hydrogen-bond donors (Lipinski definition) is 0. The standard InChI is InChI=1S/C12H8N2S/c1-2-11-12(14-5-1)10(8-15-11)9-3-6-13-7-4-9/h1-8H. The van der Waals surface area contributed by atoms with E-state index in [0.29, 0.717) is 0 Å². The highest BCUT2D eigenvalue weighted by molar-refractivity contribution is 7.17. The Labute approximate surface area is 91.2 Å². The maximum Gasteiger partial charge on any atom is 0.0888 e. The van der Waals surface area contributed by atoms with Crippen LogP contribution in [0, 0.1) is 0 Å².